The predicted octanol–water partition coefficient (Wildman–Crippen LogP) is 3.13. The first-order valence-electron chi connectivity index (χ1n) is 4.93. The molecule has 1 amide bonds. The van der Waals surface area contributed by atoms with E-state index >= 15 is 0 Å². The summed E-state index contributed by atoms with van der Waals surface area (Å²) in [5.41, 5.74) is 1.48. The normalized spacial score (nSPS) is 11.2. The highest BCUT2D eigenvalue weighted by Gasteiger charge is 2.12. The Morgan fingerprint density at radius 2 is 1.73 bits per heavy atom. The molecule has 0 aliphatic carbocycles. The molecule has 0 radical (unpaired) electrons. The fourth-order valence-electron chi connectivity index (χ4n) is 1.15. The monoisotopic (exact) mass is 223 g/mol. The van der Waals surface area contributed by atoms with Crippen LogP contribution in [0, 0.1) is 0 Å². The summed E-state index contributed by atoms with van der Waals surface area (Å²) in [6, 6.07) is 8.26. The molecule has 0 saturated heterocycles. The lowest BCUT2D eigenvalue weighted by Gasteiger charge is -2.18. The number of nitrogens with one attached hydrogen (secondary N) is 1. The van der Waals surface area contributed by atoms with Crippen molar-refractivity contribution in [2.45, 2.75) is 38.0 Å². The summed E-state index contributed by atoms with van der Waals surface area (Å²) in [5, 5.41) is 0. The van der Waals surface area contributed by atoms with Crippen LogP contribution in [0.1, 0.15) is 33.3 Å². The maximum atomic E-state index is 10.7. The zero-order chi connectivity index (χ0) is 11.5. The van der Waals surface area contributed by atoms with Gasteiger partial charge < -0.3 is 0 Å². The Hall–Kier alpha value is -0.960. The summed E-state index contributed by atoms with van der Waals surface area (Å²) in [4.78, 5) is 11.8. The van der Waals surface area contributed by atoms with Crippen molar-refractivity contribution in [3.8, 4) is 0 Å². The molecule has 1 N–H and O–H groups in total. The number of carbonyl (C=O) groups is 1. The zero-order valence-corrected chi connectivity index (χ0v) is 10.4. The molecule has 1 aromatic rings. The molecule has 1 aromatic carbocycles. The Balaban J connectivity index is 2.69. The van der Waals surface area contributed by atoms with E-state index in [1.54, 1.807) is 0 Å². The van der Waals surface area contributed by atoms with Crippen LogP contribution in [0.15, 0.2) is 29.2 Å². The first-order chi connectivity index (χ1) is 6.89. The van der Waals surface area contributed by atoms with Crippen molar-refractivity contribution < 1.29 is 4.79 Å². The van der Waals surface area contributed by atoms with Crippen LogP contribution >= 0.6 is 11.9 Å². The second-order valence-corrected chi connectivity index (χ2v) is 5.41. The van der Waals surface area contributed by atoms with Gasteiger partial charge in [-0.3, -0.25) is 9.52 Å². The fourth-order valence-corrected chi connectivity index (χ4v) is 1.69. The van der Waals surface area contributed by atoms with Gasteiger partial charge in [0, 0.05) is 11.8 Å². The minimum atomic E-state index is -0.0279. The molecule has 0 aromatic heterocycles. The molecule has 15 heavy (non-hydrogen) atoms. The molecule has 82 valence electrons. The second kappa shape index (κ2) is 4.71. The van der Waals surface area contributed by atoms with Crippen molar-refractivity contribution in [2.75, 3.05) is 0 Å². The topological polar surface area (TPSA) is 29.1 Å². The van der Waals surface area contributed by atoms with Crippen molar-refractivity contribution in [3.05, 3.63) is 29.8 Å². The molecule has 0 spiro atoms. The smallest absolute Gasteiger partial charge is 0.226 e. The largest absolute Gasteiger partial charge is 0.296 e. The summed E-state index contributed by atoms with van der Waals surface area (Å²) >= 11 is 1.35. The van der Waals surface area contributed by atoms with Crippen LogP contribution in [-0.2, 0) is 10.2 Å². The number of benzene rings is 1. The van der Waals surface area contributed by atoms with Crippen LogP contribution in [0.2, 0.25) is 0 Å². The molecule has 0 atom stereocenters. The first kappa shape index (κ1) is 12.1. The third-order valence-corrected chi connectivity index (χ3v) is 2.93. The molecule has 1 rings (SSSR count). The van der Waals surface area contributed by atoms with Crippen molar-refractivity contribution >= 4 is 17.9 Å². The first-order valence-corrected chi connectivity index (χ1v) is 5.75. The zero-order valence-electron chi connectivity index (χ0n) is 9.63. The highest BCUT2D eigenvalue weighted by molar-refractivity contribution is 7.98. The van der Waals surface area contributed by atoms with Gasteiger partial charge in [-0.05, 0) is 35.1 Å². The van der Waals surface area contributed by atoms with E-state index in [9.17, 15) is 4.79 Å². The molecule has 0 aliphatic rings. The lowest BCUT2D eigenvalue weighted by atomic mass is 9.87. The molecule has 0 bridgehead atoms. The minimum absolute atomic E-state index is 0.0279. The summed E-state index contributed by atoms with van der Waals surface area (Å²) in [7, 11) is 0. The minimum Gasteiger partial charge on any atom is -0.296 e. The number of hydrogen-bond donors (Lipinski definition) is 1. The average Bonchev–Trinajstić information content (AvgIpc) is 2.14. The van der Waals surface area contributed by atoms with Crippen molar-refractivity contribution in [1.82, 2.24) is 4.72 Å². The van der Waals surface area contributed by atoms with E-state index in [0.29, 0.717) is 0 Å². The van der Waals surface area contributed by atoms with Gasteiger partial charge in [0.2, 0.25) is 5.91 Å². The van der Waals surface area contributed by atoms with E-state index in [4.69, 9.17) is 0 Å². The Labute approximate surface area is 95.6 Å². The van der Waals surface area contributed by atoms with Crippen LogP contribution < -0.4 is 4.72 Å². The molecule has 0 unspecified atom stereocenters. The summed E-state index contributed by atoms with van der Waals surface area (Å²) in [5.74, 6) is -0.0279. The van der Waals surface area contributed by atoms with Gasteiger partial charge in [0.25, 0.3) is 0 Å². The SMILES string of the molecule is CC(=O)NSc1ccc(C(C)(C)C)cc1. The summed E-state index contributed by atoms with van der Waals surface area (Å²) in [6.07, 6.45) is 0. The number of hydrogen-bond acceptors (Lipinski definition) is 2. The number of rotatable bonds is 2. The highest BCUT2D eigenvalue weighted by Crippen LogP contribution is 2.24. The second-order valence-electron chi connectivity index (χ2n) is 4.53. The van der Waals surface area contributed by atoms with Crippen molar-refractivity contribution in [3.63, 3.8) is 0 Å². The van der Waals surface area contributed by atoms with Crippen molar-refractivity contribution in [2.24, 2.45) is 0 Å². The Bertz CT molecular complexity index is 338. The molecule has 0 heterocycles. The van der Waals surface area contributed by atoms with Crippen LogP contribution in [0.5, 0.6) is 0 Å². The van der Waals surface area contributed by atoms with Crippen LogP contribution in [0.4, 0.5) is 0 Å². The standard InChI is InChI=1S/C12H17NOS/c1-9(14)13-15-11-7-5-10(6-8-11)12(2,3)4/h5-8H,1-4H3,(H,13,14). The third-order valence-electron chi connectivity index (χ3n) is 2.03. The van der Waals surface area contributed by atoms with E-state index in [1.165, 1.54) is 24.4 Å². The lowest BCUT2D eigenvalue weighted by Crippen LogP contribution is -2.11. The van der Waals surface area contributed by atoms with Crippen LogP contribution in [0.3, 0.4) is 0 Å². The van der Waals surface area contributed by atoms with Crippen LogP contribution in [0.25, 0.3) is 0 Å². The van der Waals surface area contributed by atoms with Gasteiger partial charge >= 0.3 is 0 Å². The average molecular weight is 223 g/mol. The van der Waals surface area contributed by atoms with Crippen molar-refractivity contribution in [1.29, 1.82) is 0 Å². The van der Waals surface area contributed by atoms with E-state index in [2.05, 4.69) is 37.6 Å². The number of amides is 1. The molecular formula is C12H17NOS. The van der Waals surface area contributed by atoms with E-state index in [-0.39, 0.29) is 11.3 Å². The molecule has 0 fully saturated rings. The maximum absolute atomic E-state index is 10.7. The highest BCUT2D eigenvalue weighted by atomic mass is 32.2. The van der Waals surface area contributed by atoms with Gasteiger partial charge in [-0.15, -0.1) is 0 Å². The predicted molar refractivity (Wildman–Crippen MR) is 64.8 cm³/mol. The molecule has 3 heteroatoms. The summed E-state index contributed by atoms with van der Waals surface area (Å²) < 4.78 is 2.70. The summed E-state index contributed by atoms with van der Waals surface area (Å²) in [6.45, 7) is 8.06. The van der Waals surface area contributed by atoms with Gasteiger partial charge in [0.1, 0.15) is 0 Å². The quantitative estimate of drug-likeness (QED) is 0.780. The van der Waals surface area contributed by atoms with Crippen LogP contribution in [-0.4, -0.2) is 5.91 Å². The Kier molecular flexibility index (Phi) is 3.80. The van der Waals surface area contributed by atoms with Gasteiger partial charge in [-0.1, -0.05) is 32.9 Å². The number of carbonyl (C=O) groups excluding carboxylic acids is 1. The molecule has 0 aliphatic heterocycles. The Morgan fingerprint density at radius 3 is 2.13 bits per heavy atom. The van der Waals surface area contributed by atoms with Gasteiger partial charge in [0.05, 0.1) is 0 Å². The third kappa shape index (κ3) is 3.96. The van der Waals surface area contributed by atoms with Gasteiger partial charge in [-0.2, -0.15) is 0 Å². The van der Waals surface area contributed by atoms with Gasteiger partial charge in [0.15, 0.2) is 0 Å². The van der Waals surface area contributed by atoms with E-state index in [1.807, 2.05) is 12.1 Å². The van der Waals surface area contributed by atoms with E-state index < -0.39 is 0 Å². The molecular weight excluding hydrogens is 206 g/mol. The molecule has 2 nitrogen and oxygen atoms in total. The van der Waals surface area contributed by atoms with E-state index in [0.717, 1.165) is 4.90 Å². The Morgan fingerprint density at radius 1 is 1.20 bits per heavy atom. The maximum Gasteiger partial charge on any atom is 0.226 e. The lowest BCUT2D eigenvalue weighted by molar-refractivity contribution is -0.117. The fraction of sp³-hybridized carbons (Fsp3) is 0.417. The molecule has 0 saturated carbocycles. The van der Waals surface area contributed by atoms with Gasteiger partial charge in [-0.25, -0.2) is 0 Å².